The number of amides is 2. The fourth-order valence-electron chi connectivity index (χ4n) is 4.78. The summed E-state index contributed by atoms with van der Waals surface area (Å²) in [5, 5.41) is 7.26. The highest BCUT2D eigenvalue weighted by Crippen LogP contribution is 2.38. The zero-order chi connectivity index (χ0) is 25.9. The summed E-state index contributed by atoms with van der Waals surface area (Å²) in [5.41, 5.74) is 1.33. The number of hydrogen-bond donors (Lipinski definition) is 1. The minimum atomic E-state index is -0.398. The van der Waals surface area contributed by atoms with Crippen molar-refractivity contribution in [2.24, 2.45) is 0 Å². The van der Waals surface area contributed by atoms with Crippen molar-refractivity contribution in [3.05, 3.63) is 84.6 Å². The highest BCUT2D eigenvalue weighted by Gasteiger charge is 2.33. The standard InChI is InChI=1S/C23H20N2O2.C7H12O2/c26-22-14-21(23(27)24-22)25-11-4-3-10-20(25)18-9-5-8-17-12-15-6-1-2-7-16(15)13-19(17)18;1-5-6(8)9-7(2,3)4/h1-2,5-9,12-14,20H,3-4,10-11H2,(H,24,26,27);5H,1H2,2-4H3. The average Bonchev–Trinajstić information content (AvgIpc) is 3.19. The first-order valence-corrected chi connectivity index (χ1v) is 12.3. The summed E-state index contributed by atoms with van der Waals surface area (Å²) >= 11 is 0. The molecule has 3 aromatic carbocycles. The molecule has 6 nitrogen and oxygen atoms in total. The van der Waals surface area contributed by atoms with Crippen molar-refractivity contribution >= 4 is 39.3 Å². The molecule has 0 radical (unpaired) electrons. The van der Waals surface area contributed by atoms with Gasteiger partial charge in [-0.25, -0.2) is 4.79 Å². The minimum Gasteiger partial charge on any atom is -0.457 e. The van der Waals surface area contributed by atoms with Gasteiger partial charge in [-0.2, -0.15) is 0 Å². The van der Waals surface area contributed by atoms with E-state index in [0.717, 1.165) is 31.9 Å². The van der Waals surface area contributed by atoms with Gasteiger partial charge in [-0.15, -0.1) is 0 Å². The van der Waals surface area contributed by atoms with Gasteiger partial charge in [-0.1, -0.05) is 49.0 Å². The second kappa shape index (κ2) is 10.4. The zero-order valence-corrected chi connectivity index (χ0v) is 21.0. The molecule has 36 heavy (non-hydrogen) atoms. The van der Waals surface area contributed by atoms with Crippen molar-refractivity contribution in [3.63, 3.8) is 0 Å². The summed E-state index contributed by atoms with van der Waals surface area (Å²) in [6, 6.07) is 19.4. The van der Waals surface area contributed by atoms with Gasteiger partial charge in [-0.05, 0) is 79.3 Å². The Morgan fingerprint density at radius 3 is 2.33 bits per heavy atom. The summed E-state index contributed by atoms with van der Waals surface area (Å²) in [4.78, 5) is 36.5. The number of nitrogens with zero attached hydrogens (tertiary/aromatic N) is 1. The Kier molecular flexibility index (Phi) is 7.25. The van der Waals surface area contributed by atoms with Crippen LogP contribution in [0.1, 0.15) is 51.6 Å². The second-order valence-corrected chi connectivity index (χ2v) is 10.1. The number of likely N-dealkylation sites (tertiary alicyclic amines) is 1. The van der Waals surface area contributed by atoms with Gasteiger partial charge in [0.2, 0.25) is 0 Å². The maximum absolute atomic E-state index is 12.3. The van der Waals surface area contributed by atoms with Gasteiger partial charge in [-0.3, -0.25) is 14.9 Å². The molecule has 6 heteroatoms. The van der Waals surface area contributed by atoms with Gasteiger partial charge in [0.15, 0.2) is 0 Å². The van der Waals surface area contributed by atoms with Crippen LogP contribution in [0.5, 0.6) is 0 Å². The molecule has 0 aromatic heterocycles. The second-order valence-electron chi connectivity index (χ2n) is 10.1. The quantitative estimate of drug-likeness (QED) is 0.228. The summed E-state index contributed by atoms with van der Waals surface area (Å²) in [7, 11) is 0. The van der Waals surface area contributed by atoms with Crippen LogP contribution in [0.25, 0.3) is 21.5 Å². The number of fused-ring (bicyclic) bond motifs is 2. The molecule has 186 valence electrons. The largest absolute Gasteiger partial charge is 0.457 e. The molecule has 2 aliphatic heterocycles. The first-order valence-electron chi connectivity index (χ1n) is 12.3. The van der Waals surface area contributed by atoms with E-state index in [4.69, 9.17) is 4.74 Å². The van der Waals surface area contributed by atoms with Crippen LogP contribution in [0, 0.1) is 0 Å². The van der Waals surface area contributed by atoms with Gasteiger partial charge in [0, 0.05) is 18.7 Å². The van der Waals surface area contributed by atoms with E-state index in [-0.39, 0.29) is 23.8 Å². The fraction of sp³-hybridized carbons (Fsp3) is 0.300. The molecule has 0 bridgehead atoms. The van der Waals surface area contributed by atoms with Crippen LogP contribution in [-0.4, -0.2) is 34.8 Å². The number of esters is 1. The number of piperidine rings is 1. The molecule has 1 fully saturated rings. The summed E-state index contributed by atoms with van der Waals surface area (Å²) in [6.45, 7) is 9.50. The number of hydrogen-bond acceptors (Lipinski definition) is 5. The summed E-state index contributed by atoms with van der Waals surface area (Å²) in [5.74, 6) is -0.969. The predicted octanol–water partition coefficient (Wildman–Crippen LogP) is 5.57. The Morgan fingerprint density at radius 1 is 1.03 bits per heavy atom. The maximum Gasteiger partial charge on any atom is 0.330 e. The highest BCUT2D eigenvalue weighted by molar-refractivity contribution is 6.16. The van der Waals surface area contributed by atoms with Gasteiger partial charge < -0.3 is 9.64 Å². The number of ether oxygens (including phenoxy) is 1. The van der Waals surface area contributed by atoms with E-state index in [9.17, 15) is 14.4 Å². The predicted molar refractivity (Wildman–Crippen MR) is 142 cm³/mol. The monoisotopic (exact) mass is 484 g/mol. The molecule has 0 aliphatic carbocycles. The average molecular weight is 485 g/mol. The van der Waals surface area contributed by atoms with E-state index in [1.165, 1.54) is 33.2 Å². The van der Waals surface area contributed by atoms with Crippen LogP contribution in [0.2, 0.25) is 0 Å². The molecule has 2 amide bonds. The Labute approximate surface area is 211 Å². The third-order valence-corrected chi connectivity index (χ3v) is 6.26. The molecule has 1 saturated heterocycles. The number of imide groups is 1. The lowest BCUT2D eigenvalue weighted by Gasteiger charge is -2.38. The van der Waals surface area contributed by atoms with E-state index in [2.05, 4.69) is 71.4 Å². The molecule has 2 aliphatic rings. The molecule has 5 rings (SSSR count). The molecule has 3 aromatic rings. The lowest BCUT2D eigenvalue weighted by molar-refractivity contribution is -0.148. The number of nitrogens with one attached hydrogen (secondary N) is 1. The fourth-order valence-corrected chi connectivity index (χ4v) is 4.78. The first-order chi connectivity index (χ1) is 17.2. The molecular formula is C30H32N2O4. The number of rotatable bonds is 3. The lowest BCUT2D eigenvalue weighted by atomic mass is 9.90. The maximum atomic E-state index is 12.3. The Hall–Kier alpha value is -3.93. The van der Waals surface area contributed by atoms with E-state index >= 15 is 0 Å². The minimum absolute atomic E-state index is 0.103. The Morgan fingerprint density at radius 2 is 1.72 bits per heavy atom. The molecule has 1 unspecified atom stereocenters. The molecule has 1 atom stereocenters. The van der Waals surface area contributed by atoms with Crippen molar-refractivity contribution in [3.8, 4) is 0 Å². The molecule has 2 heterocycles. The first kappa shape index (κ1) is 25.2. The molecular weight excluding hydrogens is 452 g/mol. The SMILES string of the molecule is C=CC(=O)OC(C)(C)C.O=C1C=C(N2CCCCC2c2cccc3cc4ccccc4cc23)C(=O)N1. The number of carbonyl (C=O) groups is 3. The molecule has 1 N–H and O–H groups in total. The summed E-state index contributed by atoms with van der Waals surface area (Å²) in [6.07, 6.45) is 5.73. The van der Waals surface area contributed by atoms with Crippen LogP contribution < -0.4 is 5.32 Å². The van der Waals surface area contributed by atoms with Gasteiger partial charge >= 0.3 is 5.97 Å². The van der Waals surface area contributed by atoms with Crippen molar-refractivity contribution < 1.29 is 19.1 Å². The van der Waals surface area contributed by atoms with Crippen LogP contribution in [0.15, 0.2) is 79.0 Å². The van der Waals surface area contributed by atoms with E-state index in [0.29, 0.717) is 5.70 Å². The van der Waals surface area contributed by atoms with Crippen molar-refractivity contribution in [1.29, 1.82) is 0 Å². The van der Waals surface area contributed by atoms with Gasteiger partial charge in [0.05, 0.1) is 6.04 Å². The smallest absolute Gasteiger partial charge is 0.330 e. The molecule has 0 saturated carbocycles. The lowest BCUT2D eigenvalue weighted by Crippen LogP contribution is -2.37. The van der Waals surface area contributed by atoms with Gasteiger partial charge in [0.25, 0.3) is 11.8 Å². The van der Waals surface area contributed by atoms with Crippen LogP contribution >= 0.6 is 0 Å². The number of benzene rings is 3. The van der Waals surface area contributed by atoms with E-state index in [1.807, 2.05) is 20.8 Å². The van der Waals surface area contributed by atoms with Crippen molar-refractivity contribution in [2.45, 2.75) is 51.7 Å². The van der Waals surface area contributed by atoms with Gasteiger partial charge in [0.1, 0.15) is 11.3 Å². The van der Waals surface area contributed by atoms with Crippen molar-refractivity contribution in [1.82, 2.24) is 10.2 Å². The van der Waals surface area contributed by atoms with Crippen LogP contribution in [0.3, 0.4) is 0 Å². The third-order valence-electron chi connectivity index (χ3n) is 6.26. The number of carbonyl (C=O) groups excluding carboxylic acids is 3. The topological polar surface area (TPSA) is 75.7 Å². The zero-order valence-electron chi connectivity index (χ0n) is 21.0. The van der Waals surface area contributed by atoms with E-state index < -0.39 is 5.60 Å². The van der Waals surface area contributed by atoms with E-state index in [1.54, 1.807) is 0 Å². The van der Waals surface area contributed by atoms with Crippen LogP contribution in [0.4, 0.5) is 0 Å². The van der Waals surface area contributed by atoms with Crippen LogP contribution in [-0.2, 0) is 19.1 Å². The molecule has 0 spiro atoms. The van der Waals surface area contributed by atoms with Crippen molar-refractivity contribution in [2.75, 3.05) is 6.54 Å². The summed E-state index contributed by atoms with van der Waals surface area (Å²) < 4.78 is 4.83. The third kappa shape index (κ3) is 5.65. The highest BCUT2D eigenvalue weighted by atomic mass is 16.6. The Balaban J connectivity index is 0.000000292. The normalized spacial score (nSPS) is 17.8. The Bertz CT molecular complexity index is 1370.